The van der Waals surface area contributed by atoms with Gasteiger partial charge < -0.3 is 9.47 Å². The van der Waals surface area contributed by atoms with E-state index in [1.54, 1.807) is 14.2 Å². The first-order valence-electron chi connectivity index (χ1n) is 6.89. The molecule has 2 nitrogen and oxygen atoms in total. The van der Waals surface area contributed by atoms with E-state index >= 15 is 0 Å². The Kier molecular flexibility index (Phi) is 15.4. The molecule has 0 heterocycles. The summed E-state index contributed by atoms with van der Waals surface area (Å²) in [6, 6.07) is 6.50. The van der Waals surface area contributed by atoms with Gasteiger partial charge in [-0.2, -0.15) is 0 Å². The minimum absolute atomic E-state index is 0.671. The highest BCUT2D eigenvalue weighted by molar-refractivity contribution is 5.29. The van der Waals surface area contributed by atoms with Gasteiger partial charge in [0.05, 0.1) is 13.2 Å². The molecule has 0 aliphatic heterocycles. The maximum Gasteiger partial charge on any atom is 0.0713 e. The molecule has 0 atom stereocenters. The highest BCUT2D eigenvalue weighted by Gasteiger charge is 1.99. The van der Waals surface area contributed by atoms with E-state index in [9.17, 15) is 0 Å². The zero-order chi connectivity index (χ0) is 14.4. The third kappa shape index (κ3) is 8.26. The van der Waals surface area contributed by atoms with Crippen molar-refractivity contribution in [3.05, 3.63) is 34.9 Å². The molecule has 1 aromatic rings. The third-order valence-electron chi connectivity index (χ3n) is 2.14. The van der Waals surface area contributed by atoms with Crippen LogP contribution in [0, 0.1) is 0 Å². The van der Waals surface area contributed by atoms with Gasteiger partial charge in [-0.3, -0.25) is 0 Å². The Morgan fingerprint density at radius 2 is 1.06 bits per heavy atom. The second-order valence-electron chi connectivity index (χ2n) is 3.38. The van der Waals surface area contributed by atoms with Crippen LogP contribution < -0.4 is 0 Å². The van der Waals surface area contributed by atoms with Crippen molar-refractivity contribution in [3.8, 4) is 0 Å². The van der Waals surface area contributed by atoms with E-state index < -0.39 is 0 Å². The fraction of sp³-hybridized carbons (Fsp3) is 0.625. The number of benzene rings is 1. The molecule has 0 fully saturated rings. The molecule has 0 saturated carbocycles. The Hall–Kier alpha value is -0.860. The maximum absolute atomic E-state index is 5.12. The standard InChI is InChI=1S/C12H18O2.2C2H6/c1-4-10-5-11(8-13-2)7-12(6-10)9-14-3;2*1-2/h5-7H,4,8-9H2,1-3H3;2*1-2H3. The van der Waals surface area contributed by atoms with Crippen molar-refractivity contribution in [2.45, 2.75) is 54.3 Å². The number of rotatable bonds is 5. The largest absolute Gasteiger partial charge is 0.380 e. The monoisotopic (exact) mass is 254 g/mol. The second kappa shape index (κ2) is 14.2. The molecule has 0 unspecified atom stereocenters. The highest BCUT2D eigenvalue weighted by atomic mass is 16.5. The van der Waals surface area contributed by atoms with Gasteiger partial charge >= 0.3 is 0 Å². The Morgan fingerprint density at radius 3 is 1.33 bits per heavy atom. The van der Waals surface area contributed by atoms with Gasteiger partial charge in [0, 0.05) is 14.2 Å². The van der Waals surface area contributed by atoms with Crippen LogP contribution in [0.4, 0.5) is 0 Å². The first-order valence-corrected chi connectivity index (χ1v) is 6.89. The molecule has 0 saturated heterocycles. The van der Waals surface area contributed by atoms with Crippen LogP contribution >= 0.6 is 0 Å². The normalized spacial score (nSPS) is 8.83. The van der Waals surface area contributed by atoms with Crippen LogP contribution in [-0.2, 0) is 29.1 Å². The summed E-state index contributed by atoms with van der Waals surface area (Å²) < 4.78 is 10.2. The van der Waals surface area contributed by atoms with E-state index in [2.05, 4.69) is 25.1 Å². The third-order valence-corrected chi connectivity index (χ3v) is 2.14. The van der Waals surface area contributed by atoms with E-state index in [-0.39, 0.29) is 0 Å². The predicted octanol–water partition coefficient (Wildman–Crippen LogP) is 4.59. The topological polar surface area (TPSA) is 18.5 Å². The van der Waals surface area contributed by atoms with E-state index in [0.717, 1.165) is 6.42 Å². The number of hydrogen-bond acceptors (Lipinski definition) is 2. The number of ether oxygens (including phenoxy) is 2. The molecule has 1 aromatic carbocycles. The summed E-state index contributed by atoms with van der Waals surface area (Å²) in [5, 5.41) is 0. The summed E-state index contributed by atoms with van der Waals surface area (Å²) >= 11 is 0. The van der Waals surface area contributed by atoms with Crippen molar-refractivity contribution in [1.82, 2.24) is 0 Å². The highest BCUT2D eigenvalue weighted by Crippen LogP contribution is 2.12. The lowest BCUT2D eigenvalue weighted by molar-refractivity contribution is 0.180. The van der Waals surface area contributed by atoms with Gasteiger partial charge in [-0.25, -0.2) is 0 Å². The van der Waals surface area contributed by atoms with Gasteiger partial charge in [0.1, 0.15) is 0 Å². The van der Waals surface area contributed by atoms with Crippen LogP contribution in [0.3, 0.4) is 0 Å². The number of methoxy groups -OCH3 is 2. The lowest BCUT2D eigenvalue weighted by Crippen LogP contribution is -1.95. The molecule has 1 rings (SSSR count). The van der Waals surface area contributed by atoms with E-state index in [1.807, 2.05) is 27.7 Å². The molecular weight excluding hydrogens is 224 g/mol. The van der Waals surface area contributed by atoms with Crippen LogP contribution in [0.5, 0.6) is 0 Å². The SMILES string of the molecule is CC.CC.CCc1cc(COC)cc(COC)c1. The summed E-state index contributed by atoms with van der Waals surface area (Å²) in [5.74, 6) is 0. The smallest absolute Gasteiger partial charge is 0.0713 e. The maximum atomic E-state index is 5.12. The number of hydrogen-bond donors (Lipinski definition) is 0. The van der Waals surface area contributed by atoms with Crippen LogP contribution in [-0.4, -0.2) is 14.2 Å². The number of aryl methyl sites for hydroxylation is 1. The minimum atomic E-state index is 0.671. The minimum Gasteiger partial charge on any atom is -0.380 e. The molecule has 2 heteroatoms. The second-order valence-corrected chi connectivity index (χ2v) is 3.38. The molecule has 0 spiro atoms. The average molecular weight is 254 g/mol. The van der Waals surface area contributed by atoms with Crippen molar-refractivity contribution in [2.75, 3.05) is 14.2 Å². The van der Waals surface area contributed by atoms with Crippen molar-refractivity contribution < 1.29 is 9.47 Å². The van der Waals surface area contributed by atoms with Crippen molar-refractivity contribution in [3.63, 3.8) is 0 Å². The zero-order valence-electron chi connectivity index (χ0n) is 13.2. The fourth-order valence-corrected chi connectivity index (χ4v) is 1.54. The summed E-state index contributed by atoms with van der Waals surface area (Å²) in [7, 11) is 3.43. The summed E-state index contributed by atoms with van der Waals surface area (Å²) in [5.41, 5.74) is 3.78. The molecular formula is C16H30O2. The molecule has 0 aliphatic carbocycles. The molecule has 106 valence electrons. The lowest BCUT2D eigenvalue weighted by Gasteiger charge is -2.07. The first-order chi connectivity index (χ1) is 8.80. The molecule has 18 heavy (non-hydrogen) atoms. The van der Waals surface area contributed by atoms with Crippen molar-refractivity contribution in [2.24, 2.45) is 0 Å². The molecule has 0 radical (unpaired) electrons. The van der Waals surface area contributed by atoms with E-state index in [1.165, 1.54) is 16.7 Å². The van der Waals surface area contributed by atoms with E-state index in [4.69, 9.17) is 9.47 Å². The average Bonchev–Trinajstić information content (AvgIpc) is 2.44. The molecule has 0 N–H and O–H groups in total. The molecule has 0 aromatic heterocycles. The van der Waals surface area contributed by atoms with Gasteiger partial charge in [-0.1, -0.05) is 52.8 Å². The van der Waals surface area contributed by atoms with Crippen molar-refractivity contribution in [1.29, 1.82) is 0 Å². The Bertz CT molecular complexity index is 258. The van der Waals surface area contributed by atoms with Gasteiger partial charge in [0.25, 0.3) is 0 Å². The van der Waals surface area contributed by atoms with Gasteiger partial charge in [-0.15, -0.1) is 0 Å². The van der Waals surface area contributed by atoms with Gasteiger partial charge in [0.15, 0.2) is 0 Å². The van der Waals surface area contributed by atoms with Gasteiger partial charge in [-0.05, 0) is 23.1 Å². The van der Waals surface area contributed by atoms with Crippen LogP contribution in [0.25, 0.3) is 0 Å². The fourth-order valence-electron chi connectivity index (χ4n) is 1.54. The molecule has 0 aliphatic rings. The quantitative estimate of drug-likeness (QED) is 0.765. The zero-order valence-corrected chi connectivity index (χ0v) is 13.2. The summed E-state index contributed by atoms with van der Waals surface area (Å²) in [4.78, 5) is 0. The van der Waals surface area contributed by atoms with Crippen LogP contribution in [0.2, 0.25) is 0 Å². The molecule has 0 bridgehead atoms. The Labute approximate surface area is 113 Å². The van der Waals surface area contributed by atoms with Crippen LogP contribution in [0.15, 0.2) is 18.2 Å². The Balaban J connectivity index is 0. The predicted molar refractivity (Wildman–Crippen MR) is 79.9 cm³/mol. The molecule has 0 amide bonds. The van der Waals surface area contributed by atoms with Crippen LogP contribution in [0.1, 0.15) is 51.3 Å². The first kappa shape index (κ1) is 19.5. The summed E-state index contributed by atoms with van der Waals surface area (Å²) in [6.07, 6.45) is 1.05. The van der Waals surface area contributed by atoms with Crippen molar-refractivity contribution >= 4 is 0 Å². The van der Waals surface area contributed by atoms with E-state index in [0.29, 0.717) is 13.2 Å². The van der Waals surface area contributed by atoms with Gasteiger partial charge in [0.2, 0.25) is 0 Å². The lowest BCUT2D eigenvalue weighted by atomic mass is 10.0. The Morgan fingerprint density at radius 1 is 0.722 bits per heavy atom. The summed E-state index contributed by atoms with van der Waals surface area (Å²) in [6.45, 7) is 11.5.